The number of amides is 1. The van der Waals surface area contributed by atoms with Crippen LogP contribution in [0, 0.1) is 11.3 Å². The molecular formula is C13H24N2O2. The molecule has 17 heavy (non-hydrogen) atoms. The largest absolute Gasteiger partial charge is 0.376 e. The van der Waals surface area contributed by atoms with E-state index >= 15 is 0 Å². The lowest BCUT2D eigenvalue weighted by atomic mass is 9.62. The van der Waals surface area contributed by atoms with E-state index in [1.165, 1.54) is 0 Å². The lowest BCUT2D eigenvalue weighted by Gasteiger charge is -2.46. The molecule has 0 bridgehead atoms. The van der Waals surface area contributed by atoms with E-state index in [-0.39, 0.29) is 23.0 Å². The van der Waals surface area contributed by atoms with Crippen LogP contribution in [0.3, 0.4) is 0 Å². The number of ether oxygens (including phenoxy) is 1. The average Bonchev–Trinajstić information content (AvgIpc) is 2.54. The van der Waals surface area contributed by atoms with Gasteiger partial charge in [-0.25, -0.2) is 0 Å². The molecular weight excluding hydrogens is 216 g/mol. The first kappa shape index (κ1) is 12.8. The molecule has 2 rings (SSSR count). The highest BCUT2D eigenvalue weighted by Gasteiger charge is 2.50. The second-order valence-electron chi connectivity index (χ2n) is 6.13. The summed E-state index contributed by atoms with van der Waals surface area (Å²) in [5.74, 6) is 0.743. The van der Waals surface area contributed by atoms with Crippen LogP contribution in [0.1, 0.15) is 40.0 Å². The maximum Gasteiger partial charge on any atom is 0.228 e. The monoisotopic (exact) mass is 240 g/mol. The topological polar surface area (TPSA) is 64.4 Å². The molecule has 2 fully saturated rings. The Labute approximate surface area is 103 Å². The van der Waals surface area contributed by atoms with Gasteiger partial charge in [-0.05, 0) is 39.0 Å². The fourth-order valence-electron chi connectivity index (χ4n) is 3.11. The normalized spacial score (nSPS) is 45.4. The predicted molar refractivity (Wildman–Crippen MR) is 66.5 cm³/mol. The Balaban J connectivity index is 2.01. The maximum atomic E-state index is 12.4. The molecule has 0 radical (unpaired) electrons. The van der Waals surface area contributed by atoms with E-state index in [0.717, 1.165) is 25.9 Å². The Bertz CT molecular complexity index is 313. The third kappa shape index (κ3) is 2.08. The van der Waals surface area contributed by atoms with Crippen molar-refractivity contribution in [3.05, 3.63) is 0 Å². The minimum Gasteiger partial charge on any atom is -0.376 e. The van der Waals surface area contributed by atoms with Gasteiger partial charge in [0, 0.05) is 13.2 Å². The molecule has 2 aliphatic rings. The summed E-state index contributed by atoms with van der Waals surface area (Å²) in [6, 6.07) is 0. The Kier molecular flexibility index (Phi) is 3.21. The van der Waals surface area contributed by atoms with Gasteiger partial charge in [0.1, 0.15) is 0 Å². The first-order chi connectivity index (χ1) is 7.92. The predicted octanol–water partition coefficient (Wildman–Crippen LogP) is 1.05. The number of hydrogen-bond donors (Lipinski definition) is 2. The minimum atomic E-state index is -0.315. The summed E-state index contributed by atoms with van der Waals surface area (Å²) in [7, 11) is 0. The highest BCUT2D eigenvalue weighted by Crippen LogP contribution is 2.45. The first-order valence-corrected chi connectivity index (χ1v) is 6.56. The zero-order valence-corrected chi connectivity index (χ0v) is 11.1. The summed E-state index contributed by atoms with van der Waals surface area (Å²) in [6.07, 6.45) is 2.80. The third-order valence-corrected chi connectivity index (χ3v) is 4.64. The number of nitrogens with one attached hydrogen (secondary N) is 1. The van der Waals surface area contributed by atoms with Crippen molar-refractivity contribution >= 4 is 5.91 Å². The quantitative estimate of drug-likeness (QED) is 0.775. The maximum absolute atomic E-state index is 12.4. The Morgan fingerprint density at radius 1 is 1.47 bits per heavy atom. The van der Waals surface area contributed by atoms with Crippen molar-refractivity contribution in [1.29, 1.82) is 0 Å². The van der Waals surface area contributed by atoms with Gasteiger partial charge in [0.2, 0.25) is 5.91 Å². The Morgan fingerprint density at radius 3 is 2.53 bits per heavy atom. The van der Waals surface area contributed by atoms with Crippen LogP contribution in [0.15, 0.2) is 0 Å². The van der Waals surface area contributed by atoms with E-state index in [2.05, 4.69) is 19.2 Å². The van der Waals surface area contributed by atoms with Crippen molar-refractivity contribution in [2.45, 2.75) is 51.7 Å². The number of carbonyl (C=O) groups excluding carboxylic acids is 1. The molecule has 1 aliphatic heterocycles. The molecule has 1 amide bonds. The zero-order valence-electron chi connectivity index (χ0n) is 11.1. The Hall–Kier alpha value is -0.610. The van der Waals surface area contributed by atoms with Gasteiger partial charge in [-0.1, -0.05) is 6.92 Å². The van der Waals surface area contributed by atoms with Crippen molar-refractivity contribution in [2.75, 3.05) is 13.2 Å². The van der Waals surface area contributed by atoms with Crippen LogP contribution >= 0.6 is 0 Å². The van der Waals surface area contributed by atoms with Crippen LogP contribution in [0.2, 0.25) is 0 Å². The molecule has 98 valence electrons. The molecule has 4 nitrogen and oxygen atoms in total. The summed E-state index contributed by atoms with van der Waals surface area (Å²) < 4.78 is 5.54. The van der Waals surface area contributed by atoms with E-state index in [9.17, 15) is 4.79 Å². The molecule has 1 saturated heterocycles. The van der Waals surface area contributed by atoms with Crippen LogP contribution in [0.25, 0.3) is 0 Å². The van der Waals surface area contributed by atoms with Crippen molar-refractivity contribution < 1.29 is 9.53 Å². The highest BCUT2D eigenvalue weighted by atomic mass is 16.5. The highest BCUT2D eigenvalue weighted by molar-refractivity contribution is 5.84. The van der Waals surface area contributed by atoms with Gasteiger partial charge in [-0.2, -0.15) is 0 Å². The van der Waals surface area contributed by atoms with Crippen LogP contribution in [0.4, 0.5) is 0 Å². The second-order valence-corrected chi connectivity index (χ2v) is 6.13. The third-order valence-electron chi connectivity index (χ3n) is 4.64. The number of hydrogen-bond acceptors (Lipinski definition) is 3. The average molecular weight is 240 g/mol. The van der Waals surface area contributed by atoms with Crippen molar-refractivity contribution in [3.63, 3.8) is 0 Å². The van der Waals surface area contributed by atoms with Crippen molar-refractivity contribution in [1.82, 2.24) is 5.32 Å². The fraction of sp³-hybridized carbons (Fsp3) is 0.923. The molecule has 4 heteroatoms. The van der Waals surface area contributed by atoms with Gasteiger partial charge < -0.3 is 15.8 Å². The molecule has 3 N–H and O–H groups in total. The van der Waals surface area contributed by atoms with Crippen LogP contribution < -0.4 is 11.1 Å². The molecule has 1 saturated carbocycles. The number of carbonyl (C=O) groups is 1. The van der Waals surface area contributed by atoms with Crippen LogP contribution in [0.5, 0.6) is 0 Å². The van der Waals surface area contributed by atoms with E-state index in [4.69, 9.17) is 10.5 Å². The lowest BCUT2D eigenvalue weighted by Crippen LogP contribution is -2.60. The van der Waals surface area contributed by atoms with Gasteiger partial charge in [-0.15, -0.1) is 0 Å². The molecule has 1 heterocycles. The van der Waals surface area contributed by atoms with E-state index in [1.54, 1.807) is 0 Å². The number of nitrogens with two attached hydrogens (primary N) is 1. The molecule has 0 aromatic rings. The van der Waals surface area contributed by atoms with Crippen LogP contribution in [-0.2, 0) is 9.53 Å². The summed E-state index contributed by atoms with van der Waals surface area (Å²) in [5.41, 5.74) is 5.25. The summed E-state index contributed by atoms with van der Waals surface area (Å²) in [4.78, 5) is 12.4. The molecule has 1 aliphatic carbocycles. The summed E-state index contributed by atoms with van der Waals surface area (Å²) >= 11 is 0. The molecule has 2 unspecified atom stereocenters. The van der Waals surface area contributed by atoms with Gasteiger partial charge in [-0.3, -0.25) is 4.79 Å². The molecule has 0 aromatic heterocycles. The van der Waals surface area contributed by atoms with E-state index in [0.29, 0.717) is 12.5 Å². The fourth-order valence-corrected chi connectivity index (χ4v) is 3.11. The molecule has 0 spiro atoms. The van der Waals surface area contributed by atoms with Gasteiger partial charge in [0.15, 0.2) is 0 Å². The minimum absolute atomic E-state index is 0.0822. The smallest absolute Gasteiger partial charge is 0.228 e. The van der Waals surface area contributed by atoms with E-state index < -0.39 is 0 Å². The summed E-state index contributed by atoms with van der Waals surface area (Å²) in [5, 5.41) is 3.18. The summed E-state index contributed by atoms with van der Waals surface area (Å²) in [6.45, 7) is 7.43. The van der Waals surface area contributed by atoms with Gasteiger partial charge >= 0.3 is 0 Å². The number of rotatable bonds is 3. The van der Waals surface area contributed by atoms with Crippen LogP contribution in [-0.4, -0.2) is 30.7 Å². The molecule has 2 atom stereocenters. The van der Waals surface area contributed by atoms with E-state index in [1.807, 2.05) is 6.92 Å². The first-order valence-electron chi connectivity index (χ1n) is 6.56. The standard InChI is InChI=1S/C13H24N2O2/c1-9-6-13(7-9,8-14)11(16)15-12(3)4-5-17-10(12)2/h9-10H,4-8,14H2,1-3H3,(H,15,16). The van der Waals surface area contributed by atoms with Crippen molar-refractivity contribution in [3.8, 4) is 0 Å². The van der Waals surface area contributed by atoms with Gasteiger partial charge in [0.05, 0.1) is 17.1 Å². The van der Waals surface area contributed by atoms with Crippen molar-refractivity contribution in [2.24, 2.45) is 17.1 Å². The van der Waals surface area contributed by atoms with Gasteiger partial charge in [0.25, 0.3) is 0 Å². The lowest BCUT2D eigenvalue weighted by molar-refractivity contribution is -0.140. The SMILES string of the molecule is CC1CC(CN)(C(=O)NC2(C)CCOC2C)C1. The second kappa shape index (κ2) is 4.25. The Morgan fingerprint density at radius 2 is 2.12 bits per heavy atom. The molecule has 0 aromatic carbocycles. The zero-order chi connectivity index (χ0) is 12.7.